The first-order valence-electron chi connectivity index (χ1n) is 11.5. The van der Waals surface area contributed by atoms with E-state index in [1.807, 2.05) is 0 Å². The smallest absolute Gasteiger partial charge is 0.283 e. The first-order valence-corrected chi connectivity index (χ1v) is 12.8. The highest BCUT2D eigenvalue weighted by molar-refractivity contribution is 8.03. The molecule has 6 nitrogen and oxygen atoms in total. The number of hydrogen-bond donors (Lipinski definition) is 1. The Hall–Kier alpha value is -1.70. The number of halogens is 1. The molecule has 8 heteroatoms. The first-order chi connectivity index (χ1) is 15.3. The molecule has 2 aliphatic heterocycles. The van der Waals surface area contributed by atoms with Crippen molar-refractivity contribution in [3.8, 4) is 11.5 Å². The van der Waals surface area contributed by atoms with E-state index in [2.05, 4.69) is 25.7 Å². The Morgan fingerprint density at radius 3 is 2.53 bits per heavy atom. The summed E-state index contributed by atoms with van der Waals surface area (Å²) in [7, 11) is 1.55. The van der Waals surface area contributed by atoms with Crippen molar-refractivity contribution >= 4 is 35.1 Å². The number of benzene rings is 1. The Morgan fingerprint density at radius 1 is 1.16 bits per heavy atom. The summed E-state index contributed by atoms with van der Waals surface area (Å²) in [4.78, 5) is 30.5. The standard InChI is InChI=1S/C24H33ClN2O4S/c1-5-8-9-10-11-16-18(28)13-12-17-20(16)31-24(21(17)29)22(19(25)23(30)26(24)4)32-15-14-27(6-2)7-3/h12-13,28H,5-11,14-15H2,1-4H3. The predicted molar refractivity (Wildman–Crippen MR) is 130 cm³/mol. The molecule has 0 saturated heterocycles. The number of Topliss-reactive ketones (excluding diaryl/α,β-unsaturated/α-hetero) is 1. The lowest BCUT2D eigenvalue weighted by molar-refractivity contribution is -0.131. The van der Waals surface area contributed by atoms with Crippen molar-refractivity contribution in [1.82, 2.24) is 9.80 Å². The van der Waals surface area contributed by atoms with Crippen LogP contribution in [-0.2, 0) is 11.2 Å². The van der Waals surface area contributed by atoms with Gasteiger partial charge in [-0.2, -0.15) is 0 Å². The summed E-state index contributed by atoms with van der Waals surface area (Å²) >= 11 is 7.85. The Morgan fingerprint density at radius 2 is 1.88 bits per heavy atom. The van der Waals surface area contributed by atoms with Gasteiger partial charge in [-0.1, -0.05) is 51.6 Å². The summed E-state index contributed by atoms with van der Waals surface area (Å²) in [5, 5.41) is 10.6. The highest BCUT2D eigenvalue weighted by atomic mass is 35.5. The van der Waals surface area contributed by atoms with Crippen molar-refractivity contribution in [2.75, 3.05) is 32.4 Å². The molecule has 0 bridgehead atoms. The summed E-state index contributed by atoms with van der Waals surface area (Å²) in [6, 6.07) is 3.13. The molecule has 1 N–H and O–H groups in total. The van der Waals surface area contributed by atoms with E-state index in [9.17, 15) is 14.7 Å². The summed E-state index contributed by atoms with van der Waals surface area (Å²) < 4.78 is 6.33. The number of phenolic OH excluding ortho intramolecular Hbond substituents is 1. The summed E-state index contributed by atoms with van der Waals surface area (Å²) in [6.45, 7) is 9.01. The number of hydrogen-bond acceptors (Lipinski definition) is 6. The second kappa shape index (κ2) is 10.5. The third kappa shape index (κ3) is 4.27. The molecular weight excluding hydrogens is 448 g/mol. The number of aromatic hydroxyl groups is 1. The lowest BCUT2D eigenvalue weighted by Crippen LogP contribution is -2.53. The average Bonchev–Trinajstić information content (AvgIpc) is 3.18. The van der Waals surface area contributed by atoms with Crippen molar-refractivity contribution in [2.24, 2.45) is 0 Å². The van der Waals surface area contributed by atoms with Gasteiger partial charge in [0.2, 0.25) is 5.78 Å². The fourth-order valence-corrected chi connectivity index (χ4v) is 5.95. The number of rotatable bonds is 11. The van der Waals surface area contributed by atoms with Crippen molar-refractivity contribution in [3.63, 3.8) is 0 Å². The van der Waals surface area contributed by atoms with Crippen LogP contribution in [0.25, 0.3) is 0 Å². The minimum Gasteiger partial charge on any atom is -0.508 e. The molecule has 2 aliphatic rings. The fourth-order valence-electron chi connectivity index (χ4n) is 4.30. The number of ketones is 1. The molecule has 32 heavy (non-hydrogen) atoms. The van der Waals surface area contributed by atoms with E-state index in [1.165, 1.54) is 16.7 Å². The maximum atomic E-state index is 13.7. The summed E-state index contributed by atoms with van der Waals surface area (Å²) in [6.07, 6.45) is 4.76. The van der Waals surface area contributed by atoms with Gasteiger partial charge in [0.1, 0.15) is 16.5 Å². The molecule has 0 radical (unpaired) electrons. The van der Waals surface area contributed by atoms with Gasteiger partial charge in [0.25, 0.3) is 11.6 Å². The van der Waals surface area contributed by atoms with Crippen LogP contribution in [0.3, 0.4) is 0 Å². The molecule has 0 fully saturated rings. The monoisotopic (exact) mass is 480 g/mol. The van der Waals surface area contributed by atoms with Crippen LogP contribution < -0.4 is 4.74 Å². The molecule has 1 aromatic carbocycles. The normalized spacial score (nSPS) is 20.1. The van der Waals surface area contributed by atoms with E-state index in [4.69, 9.17) is 16.3 Å². The third-order valence-corrected chi connectivity index (χ3v) is 7.96. The molecule has 1 spiro atoms. The van der Waals surface area contributed by atoms with E-state index in [0.717, 1.165) is 45.3 Å². The SMILES string of the molecule is CCCCCCc1c(O)ccc2c1OC1(C2=O)C(SCCN(CC)CC)=C(Cl)C(=O)N1C. The van der Waals surface area contributed by atoms with E-state index in [-0.39, 0.29) is 16.6 Å². The second-order valence-corrected chi connectivity index (χ2v) is 9.69. The van der Waals surface area contributed by atoms with Crippen LogP contribution in [-0.4, -0.2) is 64.8 Å². The van der Waals surface area contributed by atoms with Crippen LogP contribution in [0.2, 0.25) is 0 Å². The van der Waals surface area contributed by atoms with Crippen LogP contribution >= 0.6 is 23.4 Å². The third-order valence-electron chi connectivity index (χ3n) is 6.34. The molecule has 2 heterocycles. The minimum absolute atomic E-state index is 0.0342. The number of unbranched alkanes of at least 4 members (excludes halogenated alkanes) is 3. The molecular formula is C24H33ClN2O4S. The number of likely N-dealkylation sites (N-methyl/N-ethyl adjacent to an activating group) is 1. The van der Waals surface area contributed by atoms with Gasteiger partial charge in [-0.05, 0) is 38.1 Å². The maximum absolute atomic E-state index is 13.7. The highest BCUT2D eigenvalue weighted by Gasteiger charge is 2.62. The molecule has 0 aromatic heterocycles. The molecule has 176 valence electrons. The molecule has 3 rings (SSSR count). The zero-order valence-corrected chi connectivity index (χ0v) is 20.9. The van der Waals surface area contributed by atoms with Crippen LogP contribution in [0, 0.1) is 0 Å². The van der Waals surface area contributed by atoms with Crippen LogP contribution in [0.1, 0.15) is 62.4 Å². The van der Waals surface area contributed by atoms with Gasteiger partial charge in [0, 0.05) is 24.9 Å². The lowest BCUT2D eigenvalue weighted by atomic mass is 9.98. The molecule has 0 saturated carbocycles. The topological polar surface area (TPSA) is 70.1 Å². The summed E-state index contributed by atoms with van der Waals surface area (Å²) in [5.74, 6) is 0.436. The van der Waals surface area contributed by atoms with Crippen molar-refractivity contribution < 1.29 is 19.4 Å². The van der Waals surface area contributed by atoms with E-state index < -0.39 is 11.6 Å². The Kier molecular flexibility index (Phi) is 8.17. The molecule has 1 atom stereocenters. The highest BCUT2D eigenvalue weighted by Crippen LogP contribution is 2.52. The lowest BCUT2D eigenvalue weighted by Gasteiger charge is -2.32. The van der Waals surface area contributed by atoms with Crippen LogP contribution in [0.4, 0.5) is 0 Å². The van der Waals surface area contributed by atoms with E-state index >= 15 is 0 Å². The number of carbonyl (C=O) groups excluding carboxylic acids is 2. The minimum atomic E-state index is -1.59. The molecule has 1 unspecified atom stereocenters. The van der Waals surface area contributed by atoms with Gasteiger partial charge in [-0.3, -0.25) is 14.5 Å². The van der Waals surface area contributed by atoms with E-state index in [0.29, 0.717) is 34.0 Å². The van der Waals surface area contributed by atoms with Gasteiger partial charge in [-0.25, -0.2) is 0 Å². The van der Waals surface area contributed by atoms with Crippen molar-refractivity contribution in [1.29, 1.82) is 0 Å². The summed E-state index contributed by atoms with van der Waals surface area (Å²) in [5.41, 5.74) is -0.572. The number of fused-ring (bicyclic) bond motifs is 1. The molecule has 0 aliphatic carbocycles. The zero-order valence-electron chi connectivity index (χ0n) is 19.4. The van der Waals surface area contributed by atoms with Gasteiger partial charge in [0.05, 0.1) is 10.5 Å². The van der Waals surface area contributed by atoms with Crippen molar-refractivity contribution in [2.45, 2.75) is 58.6 Å². The van der Waals surface area contributed by atoms with Crippen molar-refractivity contribution in [3.05, 3.63) is 33.2 Å². The van der Waals surface area contributed by atoms with Gasteiger partial charge >= 0.3 is 0 Å². The number of nitrogens with zero attached hydrogens (tertiary/aromatic N) is 2. The van der Waals surface area contributed by atoms with Gasteiger partial charge in [0.15, 0.2) is 0 Å². The van der Waals surface area contributed by atoms with E-state index in [1.54, 1.807) is 19.2 Å². The average molecular weight is 481 g/mol. The zero-order chi connectivity index (χ0) is 23.5. The van der Waals surface area contributed by atoms with Gasteiger partial charge < -0.3 is 14.7 Å². The van der Waals surface area contributed by atoms with Gasteiger partial charge in [-0.15, -0.1) is 11.8 Å². The number of thioether (sulfide) groups is 1. The fraction of sp³-hybridized carbons (Fsp3) is 0.583. The number of ether oxygens (including phenoxy) is 1. The molecule has 1 aromatic rings. The second-order valence-electron chi connectivity index (χ2n) is 8.21. The maximum Gasteiger partial charge on any atom is 0.283 e. The van der Waals surface area contributed by atoms with Crippen LogP contribution in [0.15, 0.2) is 22.1 Å². The van der Waals surface area contributed by atoms with Crippen LogP contribution in [0.5, 0.6) is 11.5 Å². The number of amides is 1. The predicted octanol–water partition coefficient (Wildman–Crippen LogP) is 4.78. The largest absolute Gasteiger partial charge is 0.508 e. The molecule has 1 amide bonds. The number of carbonyl (C=O) groups is 2. The Labute approximate surface area is 199 Å². The first kappa shape index (κ1) is 24.9. The quantitative estimate of drug-likeness (QED) is 0.459. The Balaban J connectivity index is 1.92. The Bertz CT molecular complexity index is 916. The number of phenols is 1.